The van der Waals surface area contributed by atoms with Gasteiger partial charge in [-0.15, -0.1) is 35.3 Å². The highest BCUT2D eigenvalue weighted by molar-refractivity contribution is 14.0. The summed E-state index contributed by atoms with van der Waals surface area (Å²) in [5.74, 6) is 2.52. The van der Waals surface area contributed by atoms with Crippen LogP contribution >= 0.6 is 35.3 Å². The first-order chi connectivity index (χ1) is 11.1. The number of rotatable bonds is 7. The van der Waals surface area contributed by atoms with Crippen molar-refractivity contribution < 1.29 is 4.52 Å². The SMILES string of the molecule is CN=C(NCCCc1nc(C(C)C)no1)NCc1ncc(C)s1.I. The van der Waals surface area contributed by atoms with Crippen molar-refractivity contribution in [1.82, 2.24) is 25.8 Å². The van der Waals surface area contributed by atoms with Gasteiger partial charge in [-0.3, -0.25) is 4.99 Å². The molecule has 0 fully saturated rings. The van der Waals surface area contributed by atoms with Crippen molar-refractivity contribution >= 4 is 41.3 Å². The molecule has 0 aliphatic carbocycles. The van der Waals surface area contributed by atoms with Gasteiger partial charge in [0.05, 0.1) is 6.54 Å². The minimum absolute atomic E-state index is 0. The zero-order valence-electron chi connectivity index (χ0n) is 14.5. The number of nitrogens with zero attached hydrogens (tertiary/aromatic N) is 4. The lowest BCUT2D eigenvalue weighted by atomic mass is 10.2. The Morgan fingerprint density at radius 3 is 2.75 bits per heavy atom. The Hall–Kier alpha value is -1.23. The van der Waals surface area contributed by atoms with Gasteiger partial charge in [0.1, 0.15) is 5.01 Å². The summed E-state index contributed by atoms with van der Waals surface area (Å²) in [6.45, 7) is 7.62. The molecule has 24 heavy (non-hydrogen) atoms. The van der Waals surface area contributed by atoms with Crippen LogP contribution in [0.3, 0.4) is 0 Å². The average molecular weight is 464 g/mol. The zero-order chi connectivity index (χ0) is 16.7. The number of aryl methyl sites for hydroxylation is 2. The van der Waals surface area contributed by atoms with E-state index >= 15 is 0 Å². The first-order valence-electron chi connectivity index (χ1n) is 7.76. The van der Waals surface area contributed by atoms with Crippen LogP contribution in [0.1, 0.15) is 47.8 Å². The topological polar surface area (TPSA) is 88.2 Å². The van der Waals surface area contributed by atoms with E-state index in [4.69, 9.17) is 4.52 Å². The average Bonchev–Trinajstić information content (AvgIpc) is 3.15. The lowest BCUT2D eigenvalue weighted by Crippen LogP contribution is -2.37. The Morgan fingerprint density at radius 1 is 1.38 bits per heavy atom. The summed E-state index contributed by atoms with van der Waals surface area (Å²) in [4.78, 5) is 14.1. The molecule has 2 N–H and O–H groups in total. The van der Waals surface area contributed by atoms with Crippen molar-refractivity contribution in [1.29, 1.82) is 0 Å². The second-order valence-corrected chi connectivity index (χ2v) is 6.84. The van der Waals surface area contributed by atoms with Crippen LogP contribution in [0.25, 0.3) is 0 Å². The fourth-order valence-electron chi connectivity index (χ4n) is 1.91. The summed E-state index contributed by atoms with van der Waals surface area (Å²) in [5.41, 5.74) is 0. The predicted molar refractivity (Wildman–Crippen MR) is 107 cm³/mol. The van der Waals surface area contributed by atoms with Crippen molar-refractivity contribution in [3.05, 3.63) is 27.8 Å². The van der Waals surface area contributed by atoms with E-state index in [9.17, 15) is 0 Å². The van der Waals surface area contributed by atoms with E-state index in [1.807, 2.05) is 6.20 Å². The molecule has 0 spiro atoms. The van der Waals surface area contributed by atoms with E-state index in [2.05, 4.69) is 51.5 Å². The maximum absolute atomic E-state index is 5.23. The highest BCUT2D eigenvalue weighted by Gasteiger charge is 2.09. The molecule has 0 amide bonds. The van der Waals surface area contributed by atoms with E-state index < -0.39 is 0 Å². The zero-order valence-corrected chi connectivity index (χ0v) is 17.6. The molecule has 0 saturated heterocycles. The van der Waals surface area contributed by atoms with Crippen molar-refractivity contribution in [2.75, 3.05) is 13.6 Å². The summed E-state index contributed by atoms with van der Waals surface area (Å²) in [7, 11) is 1.76. The van der Waals surface area contributed by atoms with Crippen LogP contribution in [-0.2, 0) is 13.0 Å². The molecule has 0 aromatic carbocycles. The minimum Gasteiger partial charge on any atom is -0.356 e. The van der Waals surface area contributed by atoms with Gasteiger partial charge < -0.3 is 15.2 Å². The molecule has 0 saturated carbocycles. The maximum atomic E-state index is 5.23. The smallest absolute Gasteiger partial charge is 0.226 e. The molecule has 2 rings (SSSR count). The molecule has 2 aromatic heterocycles. The molecule has 0 aliphatic rings. The first-order valence-corrected chi connectivity index (χ1v) is 8.58. The monoisotopic (exact) mass is 464 g/mol. The standard InChI is InChI=1S/C15H24N6OS.HI/c1-10(2)14-20-12(22-21-14)6-5-7-17-15(16-4)19-9-13-18-8-11(3)23-13;/h8,10H,5-7,9H2,1-4H3,(H2,16,17,19);1H. The molecule has 7 nitrogen and oxygen atoms in total. The second-order valence-electron chi connectivity index (χ2n) is 5.52. The molecule has 0 aliphatic heterocycles. The Labute approximate surface area is 163 Å². The van der Waals surface area contributed by atoms with Gasteiger partial charge >= 0.3 is 0 Å². The van der Waals surface area contributed by atoms with Gasteiger partial charge in [-0.05, 0) is 13.3 Å². The fourth-order valence-corrected chi connectivity index (χ4v) is 2.64. The van der Waals surface area contributed by atoms with Crippen LogP contribution < -0.4 is 10.6 Å². The summed E-state index contributed by atoms with van der Waals surface area (Å²) in [6, 6.07) is 0. The van der Waals surface area contributed by atoms with Crippen LogP contribution in [0.4, 0.5) is 0 Å². The quantitative estimate of drug-likeness (QED) is 0.284. The number of hydrogen-bond donors (Lipinski definition) is 2. The number of hydrogen-bond acceptors (Lipinski definition) is 6. The second kappa shape index (κ2) is 10.6. The van der Waals surface area contributed by atoms with Crippen LogP contribution in [0, 0.1) is 6.92 Å². The van der Waals surface area contributed by atoms with Crippen LogP contribution in [0.5, 0.6) is 0 Å². The third kappa shape index (κ3) is 6.71. The molecule has 0 atom stereocenters. The highest BCUT2D eigenvalue weighted by atomic mass is 127. The number of nitrogens with one attached hydrogen (secondary N) is 2. The number of thiazole rings is 1. The Bertz CT molecular complexity index is 639. The Kier molecular flexibility index (Phi) is 9.19. The Balaban J connectivity index is 0.00000288. The van der Waals surface area contributed by atoms with Gasteiger partial charge in [0.25, 0.3) is 0 Å². The van der Waals surface area contributed by atoms with E-state index in [-0.39, 0.29) is 24.0 Å². The van der Waals surface area contributed by atoms with Gasteiger partial charge in [0, 0.05) is 37.0 Å². The van der Waals surface area contributed by atoms with Crippen LogP contribution in [0.15, 0.2) is 15.7 Å². The van der Waals surface area contributed by atoms with Crippen molar-refractivity contribution in [3.63, 3.8) is 0 Å². The van der Waals surface area contributed by atoms with Gasteiger partial charge in [0.2, 0.25) is 5.89 Å². The van der Waals surface area contributed by atoms with Gasteiger partial charge in [-0.2, -0.15) is 4.98 Å². The van der Waals surface area contributed by atoms with Gasteiger partial charge in [-0.25, -0.2) is 4.98 Å². The van der Waals surface area contributed by atoms with Crippen molar-refractivity contribution in [2.24, 2.45) is 4.99 Å². The summed E-state index contributed by atoms with van der Waals surface area (Å²) in [6.07, 6.45) is 3.54. The Morgan fingerprint density at radius 2 is 2.17 bits per heavy atom. The largest absolute Gasteiger partial charge is 0.356 e. The number of aromatic nitrogens is 3. The third-order valence-corrected chi connectivity index (χ3v) is 4.07. The predicted octanol–water partition coefficient (Wildman–Crippen LogP) is 2.87. The van der Waals surface area contributed by atoms with Crippen LogP contribution in [0.2, 0.25) is 0 Å². The van der Waals surface area contributed by atoms with E-state index in [0.29, 0.717) is 18.4 Å². The van der Waals surface area contributed by atoms with E-state index in [1.54, 1.807) is 18.4 Å². The van der Waals surface area contributed by atoms with Gasteiger partial charge in [0.15, 0.2) is 11.8 Å². The summed E-state index contributed by atoms with van der Waals surface area (Å²) >= 11 is 1.69. The molecule has 134 valence electrons. The summed E-state index contributed by atoms with van der Waals surface area (Å²) < 4.78 is 5.23. The number of guanidine groups is 1. The highest BCUT2D eigenvalue weighted by Crippen LogP contribution is 2.11. The molecular formula is C15H25IN6OS. The normalized spacial score (nSPS) is 11.5. The number of aliphatic imine (C=N–C) groups is 1. The minimum atomic E-state index is 0. The van der Waals surface area contributed by atoms with E-state index in [0.717, 1.165) is 36.2 Å². The van der Waals surface area contributed by atoms with Gasteiger partial charge in [-0.1, -0.05) is 19.0 Å². The summed E-state index contributed by atoms with van der Waals surface area (Å²) in [5, 5.41) is 11.5. The molecular weight excluding hydrogens is 439 g/mol. The lowest BCUT2D eigenvalue weighted by molar-refractivity contribution is 0.368. The number of halogens is 1. The van der Waals surface area contributed by atoms with Crippen molar-refractivity contribution in [2.45, 2.75) is 46.1 Å². The lowest BCUT2D eigenvalue weighted by Gasteiger charge is -2.10. The fraction of sp³-hybridized carbons (Fsp3) is 0.600. The molecule has 2 heterocycles. The van der Waals surface area contributed by atoms with Crippen LogP contribution in [-0.4, -0.2) is 34.7 Å². The molecule has 0 bridgehead atoms. The molecule has 0 radical (unpaired) electrons. The molecule has 0 unspecified atom stereocenters. The molecule has 2 aromatic rings. The third-order valence-electron chi connectivity index (χ3n) is 3.16. The van der Waals surface area contributed by atoms with Crippen molar-refractivity contribution in [3.8, 4) is 0 Å². The maximum Gasteiger partial charge on any atom is 0.226 e. The van der Waals surface area contributed by atoms with E-state index in [1.165, 1.54) is 4.88 Å². The molecule has 9 heteroatoms. The first kappa shape index (κ1) is 20.8.